The van der Waals surface area contributed by atoms with Crippen molar-refractivity contribution in [3.05, 3.63) is 32.9 Å². The Morgan fingerprint density at radius 3 is 2.64 bits per heavy atom. The van der Waals surface area contributed by atoms with Gasteiger partial charge in [0.2, 0.25) is 5.82 Å². The van der Waals surface area contributed by atoms with Crippen LogP contribution in [0.4, 0.5) is 8.78 Å². The maximum Gasteiger partial charge on any atom is 0.331 e. The summed E-state index contributed by atoms with van der Waals surface area (Å²) in [5.41, 5.74) is -0.247. The molecule has 13 heteroatoms. The monoisotopic (exact) mass is 404 g/mol. The fourth-order valence-corrected chi connectivity index (χ4v) is 2.51. The lowest BCUT2D eigenvalue weighted by molar-refractivity contribution is -0.234. The van der Waals surface area contributed by atoms with Crippen LogP contribution >= 0.6 is 0 Å². The number of halogens is 2. The zero-order valence-electron chi connectivity index (χ0n) is 14.8. The van der Waals surface area contributed by atoms with Gasteiger partial charge in [-0.25, -0.2) is 9.18 Å². The number of esters is 1. The van der Waals surface area contributed by atoms with Crippen LogP contribution in [0.3, 0.4) is 0 Å². The summed E-state index contributed by atoms with van der Waals surface area (Å²) in [7, 11) is 0. The van der Waals surface area contributed by atoms with Crippen molar-refractivity contribution in [2.45, 2.75) is 43.7 Å². The van der Waals surface area contributed by atoms with E-state index in [1.165, 1.54) is 11.1 Å². The van der Waals surface area contributed by atoms with Crippen LogP contribution in [-0.4, -0.2) is 56.4 Å². The molecule has 0 spiro atoms. The lowest BCUT2D eigenvalue weighted by atomic mass is 10.0. The number of aliphatic hydroxyl groups excluding tert-OH is 2. The molecule has 2 rings (SSSR count). The van der Waals surface area contributed by atoms with Crippen molar-refractivity contribution in [1.82, 2.24) is 9.55 Å². The summed E-state index contributed by atoms with van der Waals surface area (Å²) in [6, 6.07) is 0.161. The number of aromatic amines is 1. The Kier molecular flexibility index (Phi) is 5.72. The van der Waals surface area contributed by atoms with E-state index in [9.17, 15) is 34.2 Å². The number of aliphatic hydroxyl groups is 2. The first-order valence-electron chi connectivity index (χ1n) is 8.00. The van der Waals surface area contributed by atoms with Crippen molar-refractivity contribution in [3.63, 3.8) is 0 Å². The second-order valence-electron chi connectivity index (χ2n) is 6.57. The van der Waals surface area contributed by atoms with E-state index in [0.29, 0.717) is 0 Å². The van der Waals surface area contributed by atoms with Gasteiger partial charge in [-0.15, -0.1) is 0 Å². The van der Waals surface area contributed by atoms with E-state index in [1.807, 2.05) is 0 Å². The molecule has 1 aliphatic rings. The normalized spacial score (nSPS) is 30.8. The summed E-state index contributed by atoms with van der Waals surface area (Å²) in [6.45, 7) is 1.91. The summed E-state index contributed by atoms with van der Waals surface area (Å²) in [5, 5.41) is 29.6. The fraction of sp³-hybridized carbons (Fsp3) is 0.600. The van der Waals surface area contributed by atoms with Crippen molar-refractivity contribution < 1.29 is 33.3 Å². The molecular formula is C15H18F2N4O7. The molecule has 0 radical (unpaired) electrons. The van der Waals surface area contributed by atoms with Crippen LogP contribution in [0.5, 0.6) is 0 Å². The highest BCUT2D eigenvalue weighted by molar-refractivity contribution is 5.75. The van der Waals surface area contributed by atoms with E-state index in [-0.39, 0.29) is 16.7 Å². The maximum atomic E-state index is 15.1. The predicted molar refractivity (Wildman–Crippen MR) is 85.6 cm³/mol. The molecule has 1 fully saturated rings. The highest BCUT2D eigenvalue weighted by atomic mass is 19.2. The van der Waals surface area contributed by atoms with Crippen LogP contribution in [0.25, 0.3) is 0 Å². The smallest absolute Gasteiger partial charge is 0.331 e. The van der Waals surface area contributed by atoms with Gasteiger partial charge in [0.25, 0.3) is 17.1 Å². The van der Waals surface area contributed by atoms with Crippen LogP contribution in [-0.2, 0) is 20.0 Å². The van der Waals surface area contributed by atoms with Gasteiger partial charge in [-0.05, 0) is 5.92 Å². The molecule has 0 amide bonds. The van der Waals surface area contributed by atoms with Crippen LogP contribution < -0.4 is 17.0 Å². The van der Waals surface area contributed by atoms with E-state index in [1.54, 1.807) is 13.8 Å². The number of nitrogens with two attached hydrogens (primary N) is 1. The van der Waals surface area contributed by atoms with Crippen LogP contribution in [0, 0.1) is 23.1 Å². The number of alkyl halides is 1. The molecule has 0 aromatic carbocycles. The van der Waals surface area contributed by atoms with E-state index in [2.05, 4.69) is 4.74 Å². The number of nitriles is 1. The third kappa shape index (κ3) is 3.42. The highest BCUT2D eigenvalue weighted by Crippen LogP contribution is 2.42. The topological polar surface area (TPSA) is 181 Å². The maximum absolute atomic E-state index is 15.1. The van der Waals surface area contributed by atoms with Gasteiger partial charge in [-0.3, -0.25) is 23.9 Å². The molecule has 154 valence electrons. The number of rotatable bonds is 5. The first-order chi connectivity index (χ1) is 12.9. The summed E-state index contributed by atoms with van der Waals surface area (Å²) in [4.78, 5) is 36.4. The van der Waals surface area contributed by atoms with Crippen molar-refractivity contribution in [2.75, 3.05) is 6.61 Å². The third-order valence-electron chi connectivity index (χ3n) is 4.29. The number of hydrogen-bond acceptors (Lipinski definition) is 9. The summed E-state index contributed by atoms with van der Waals surface area (Å²) >= 11 is 0. The van der Waals surface area contributed by atoms with Crippen LogP contribution in [0.1, 0.15) is 13.8 Å². The minimum atomic E-state index is -3.34. The zero-order chi connectivity index (χ0) is 21.4. The molecule has 2 heterocycles. The molecule has 0 unspecified atom stereocenters. The van der Waals surface area contributed by atoms with Gasteiger partial charge in [-0.1, -0.05) is 13.8 Å². The minimum Gasteiger partial charge on any atom is -0.458 e. The standard InChI is InChI=1S/C15H18F2N4O7/c1-6(2)8(19)12(25)27-5-14(17)9(22)10(23)15(4-18,28-14)21-3-7(16)11(24)20-13(21)26/h3,6,8-10,22-23H,5,19H2,1-2H3,(H,20,24,26)/t8-,9-,10+,14+,15+/m0/s1. The Hall–Kier alpha value is -2.66. The Morgan fingerprint density at radius 2 is 2.11 bits per heavy atom. The van der Waals surface area contributed by atoms with E-state index >= 15 is 4.39 Å². The van der Waals surface area contributed by atoms with Gasteiger partial charge in [0, 0.05) is 0 Å². The number of H-pyrrole nitrogens is 1. The Bertz CT molecular complexity index is 926. The van der Waals surface area contributed by atoms with Crippen LogP contribution in [0.15, 0.2) is 15.8 Å². The van der Waals surface area contributed by atoms with Crippen molar-refractivity contribution in [1.29, 1.82) is 5.26 Å². The molecule has 5 atom stereocenters. The molecule has 11 nitrogen and oxygen atoms in total. The largest absolute Gasteiger partial charge is 0.458 e. The molecule has 0 aliphatic carbocycles. The average molecular weight is 404 g/mol. The minimum absolute atomic E-state index is 0.0840. The molecule has 1 aromatic rings. The molecular weight excluding hydrogens is 386 g/mol. The highest BCUT2D eigenvalue weighted by Gasteiger charge is 2.66. The second kappa shape index (κ2) is 7.40. The van der Waals surface area contributed by atoms with Gasteiger partial charge >= 0.3 is 11.7 Å². The second-order valence-corrected chi connectivity index (χ2v) is 6.57. The number of nitrogens with one attached hydrogen (secondary N) is 1. The predicted octanol–water partition coefficient (Wildman–Crippen LogP) is -2.20. The Balaban J connectivity index is 2.40. The zero-order valence-corrected chi connectivity index (χ0v) is 14.8. The van der Waals surface area contributed by atoms with Crippen LogP contribution in [0.2, 0.25) is 0 Å². The molecule has 1 aromatic heterocycles. The van der Waals surface area contributed by atoms with Crippen molar-refractivity contribution in [2.24, 2.45) is 11.7 Å². The third-order valence-corrected chi connectivity index (χ3v) is 4.29. The van der Waals surface area contributed by atoms with Gasteiger partial charge in [0.15, 0.2) is 6.61 Å². The summed E-state index contributed by atoms with van der Waals surface area (Å²) in [5.74, 6) is -6.28. The molecule has 28 heavy (non-hydrogen) atoms. The van der Waals surface area contributed by atoms with E-state index < -0.39 is 59.5 Å². The number of hydrogen-bond donors (Lipinski definition) is 4. The first kappa shape index (κ1) is 21.6. The van der Waals surface area contributed by atoms with Gasteiger partial charge in [0.05, 0.1) is 6.20 Å². The van der Waals surface area contributed by atoms with Gasteiger partial charge in [-0.2, -0.15) is 9.65 Å². The van der Waals surface area contributed by atoms with E-state index in [0.717, 1.165) is 0 Å². The Morgan fingerprint density at radius 1 is 1.50 bits per heavy atom. The number of nitrogens with zero attached hydrogens (tertiary/aromatic N) is 2. The molecule has 5 N–H and O–H groups in total. The van der Waals surface area contributed by atoms with E-state index in [4.69, 9.17) is 10.5 Å². The summed E-state index contributed by atoms with van der Waals surface area (Å²) in [6.07, 6.45) is -4.67. The molecule has 1 saturated heterocycles. The number of ether oxygens (including phenoxy) is 2. The lowest BCUT2D eigenvalue weighted by Crippen LogP contribution is -2.51. The van der Waals surface area contributed by atoms with Crippen molar-refractivity contribution in [3.8, 4) is 6.07 Å². The fourth-order valence-electron chi connectivity index (χ4n) is 2.51. The average Bonchev–Trinajstić information content (AvgIpc) is 2.84. The molecule has 0 bridgehead atoms. The number of aromatic nitrogens is 2. The SMILES string of the molecule is CC(C)[C@H](N)C(=O)OC[C@@]1(F)O[C@@](C#N)(n2cc(F)c(=O)[nH]c2=O)[C@H](O)[C@@H]1O. The van der Waals surface area contributed by atoms with Gasteiger partial charge in [0.1, 0.15) is 24.3 Å². The van der Waals surface area contributed by atoms with Gasteiger partial charge < -0.3 is 20.7 Å². The lowest BCUT2D eigenvalue weighted by Gasteiger charge is -2.27. The van der Waals surface area contributed by atoms with Crippen molar-refractivity contribution >= 4 is 5.97 Å². The molecule has 1 aliphatic heterocycles. The first-order valence-corrected chi connectivity index (χ1v) is 8.00. The number of carbonyl (C=O) groups is 1. The quantitative estimate of drug-likeness (QED) is 0.396. The Labute approximate surface area is 155 Å². The summed E-state index contributed by atoms with van der Waals surface area (Å²) < 4.78 is 38.2. The molecule has 0 saturated carbocycles. The number of carbonyl (C=O) groups excluding carboxylic acids is 1.